The Bertz CT molecular complexity index is 498. The molecular formula is C20H33N3. The Morgan fingerprint density at radius 2 is 1.78 bits per heavy atom. The maximum absolute atomic E-state index is 6.30. The summed E-state index contributed by atoms with van der Waals surface area (Å²) >= 11 is 0. The molecule has 2 atom stereocenters. The Morgan fingerprint density at radius 1 is 1.09 bits per heavy atom. The average molecular weight is 316 g/mol. The third-order valence-electron chi connectivity index (χ3n) is 5.42. The van der Waals surface area contributed by atoms with Crippen molar-refractivity contribution in [2.45, 2.75) is 46.0 Å². The number of hydrogen-bond acceptors (Lipinski definition) is 3. The second-order valence-electron chi connectivity index (χ2n) is 7.90. The molecule has 0 radical (unpaired) electrons. The van der Waals surface area contributed by atoms with E-state index in [9.17, 15) is 0 Å². The highest BCUT2D eigenvalue weighted by atomic mass is 15.2. The van der Waals surface area contributed by atoms with Gasteiger partial charge in [-0.1, -0.05) is 19.9 Å². The summed E-state index contributed by atoms with van der Waals surface area (Å²) in [6, 6.07) is 6.72. The summed E-state index contributed by atoms with van der Waals surface area (Å²) in [5, 5.41) is 0. The molecular weight excluding hydrogens is 282 g/mol. The summed E-state index contributed by atoms with van der Waals surface area (Å²) in [5.74, 6) is 1.71. The Hall–Kier alpha value is -1.22. The molecule has 3 rings (SSSR count). The molecule has 2 unspecified atom stereocenters. The van der Waals surface area contributed by atoms with Crippen molar-refractivity contribution in [3.05, 3.63) is 23.8 Å². The standard InChI is InChI=1S/C20H33N3/c1-16-12-17(2)15-22(14-16)9-5-6-18-7-8-20(19(21)13-18)23-10-3-4-11-23/h7-8,13,16-17H,3-6,9-12,14-15,21H2,1-2H3. The van der Waals surface area contributed by atoms with Gasteiger partial charge in [-0.3, -0.25) is 0 Å². The highest BCUT2D eigenvalue weighted by molar-refractivity contribution is 5.68. The second-order valence-corrected chi connectivity index (χ2v) is 7.90. The van der Waals surface area contributed by atoms with E-state index in [0.717, 1.165) is 37.0 Å². The number of anilines is 2. The van der Waals surface area contributed by atoms with Gasteiger partial charge in [0.2, 0.25) is 0 Å². The van der Waals surface area contributed by atoms with E-state index < -0.39 is 0 Å². The molecule has 0 aliphatic carbocycles. The summed E-state index contributed by atoms with van der Waals surface area (Å²) in [5.41, 5.74) is 9.90. The molecule has 23 heavy (non-hydrogen) atoms. The molecule has 2 aliphatic rings. The second kappa shape index (κ2) is 7.57. The van der Waals surface area contributed by atoms with E-state index >= 15 is 0 Å². The lowest BCUT2D eigenvalue weighted by Crippen LogP contribution is -2.39. The van der Waals surface area contributed by atoms with Gasteiger partial charge in [0, 0.05) is 26.2 Å². The van der Waals surface area contributed by atoms with Crippen LogP contribution in [0.5, 0.6) is 0 Å². The van der Waals surface area contributed by atoms with Crippen LogP contribution in [0.15, 0.2) is 18.2 Å². The van der Waals surface area contributed by atoms with Gasteiger partial charge in [-0.25, -0.2) is 0 Å². The largest absolute Gasteiger partial charge is 0.397 e. The molecule has 1 aromatic carbocycles. The molecule has 3 heteroatoms. The number of hydrogen-bond donors (Lipinski definition) is 1. The van der Waals surface area contributed by atoms with Gasteiger partial charge in [-0.2, -0.15) is 0 Å². The molecule has 3 nitrogen and oxygen atoms in total. The number of benzene rings is 1. The number of likely N-dealkylation sites (tertiary alicyclic amines) is 1. The highest BCUT2D eigenvalue weighted by Gasteiger charge is 2.21. The van der Waals surface area contributed by atoms with Crippen LogP contribution in [0.1, 0.15) is 45.1 Å². The minimum Gasteiger partial charge on any atom is -0.397 e. The molecule has 2 N–H and O–H groups in total. The Labute approximate surface area is 141 Å². The molecule has 1 aromatic rings. The van der Waals surface area contributed by atoms with Crippen molar-refractivity contribution >= 4 is 11.4 Å². The number of nitrogens with two attached hydrogens (primary N) is 1. The van der Waals surface area contributed by atoms with Crippen LogP contribution in [-0.4, -0.2) is 37.6 Å². The van der Waals surface area contributed by atoms with Gasteiger partial charge in [0.15, 0.2) is 0 Å². The zero-order valence-corrected chi connectivity index (χ0v) is 14.9. The zero-order valence-electron chi connectivity index (χ0n) is 14.9. The smallest absolute Gasteiger partial charge is 0.0600 e. The average Bonchev–Trinajstić information content (AvgIpc) is 3.00. The molecule has 0 spiro atoms. The minimum atomic E-state index is 0.856. The number of piperidine rings is 1. The van der Waals surface area contributed by atoms with Crippen molar-refractivity contribution in [3.8, 4) is 0 Å². The SMILES string of the molecule is CC1CC(C)CN(CCCc2ccc(N3CCCC3)c(N)c2)C1. The van der Waals surface area contributed by atoms with Crippen molar-refractivity contribution in [3.63, 3.8) is 0 Å². The molecule has 0 saturated carbocycles. The fourth-order valence-corrected chi connectivity index (χ4v) is 4.49. The van der Waals surface area contributed by atoms with E-state index in [-0.39, 0.29) is 0 Å². The lowest BCUT2D eigenvalue weighted by Gasteiger charge is -2.35. The Balaban J connectivity index is 1.49. The maximum atomic E-state index is 6.30. The van der Waals surface area contributed by atoms with Crippen molar-refractivity contribution < 1.29 is 0 Å². The molecule has 128 valence electrons. The first-order valence-corrected chi connectivity index (χ1v) is 9.47. The molecule has 2 heterocycles. The van der Waals surface area contributed by atoms with Gasteiger partial charge >= 0.3 is 0 Å². The number of rotatable bonds is 5. The maximum Gasteiger partial charge on any atom is 0.0600 e. The fourth-order valence-electron chi connectivity index (χ4n) is 4.49. The van der Waals surface area contributed by atoms with Crippen molar-refractivity contribution in [2.24, 2.45) is 11.8 Å². The first-order valence-electron chi connectivity index (χ1n) is 9.47. The van der Waals surface area contributed by atoms with Crippen LogP contribution in [0, 0.1) is 11.8 Å². The zero-order chi connectivity index (χ0) is 16.2. The first kappa shape index (κ1) is 16.6. The summed E-state index contributed by atoms with van der Waals surface area (Å²) in [4.78, 5) is 5.08. The number of nitrogens with zero attached hydrogens (tertiary/aromatic N) is 2. The van der Waals surface area contributed by atoms with Gasteiger partial charge in [0.25, 0.3) is 0 Å². The van der Waals surface area contributed by atoms with E-state index in [2.05, 4.69) is 41.8 Å². The van der Waals surface area contributed by atoms with Gasteiger partial charge in [-0.05, 0) is 68.2 Å². The van der Waals surface area contributed by atoms with Gasteiger partial charge in [-0.15, -0.1) is 0 Å². The molecule has 0 aromatic heterocycles. The van der Waals surface area contributed by atoms with Crippen LogP contribution >= 0.6 is 0 Å². The third-order valence-corrected chi connectivity index (χ3v) is 5.42. The van der Waals surface area contributed by atoms with E-state index in [1.807, 2.05) is 0 Å². The monoisotopic (exact) mass is 315 g/mol. The fraction of sp³-hybridized carbons (Fsp3) is 0.700. The molecule has 0 amide bonds. The van der Waals surface area contributed by atoms with Crippen LogP contribution in [0.4, 0.5) is 11.4 Å². The lowest BCUT2D eigenvalue weighted by atomic mass is 9.92. The van der Waals surface area contributed by atoms with E-state index in [0.29, 0.717) is 0 Å². The van der Waals surface area contributed by atoms with Crippen molar-refractivity contribution in [2.75, 3.05) is 43.4 Å². The van der Waals surface area contributed by atoms with Crippen LogP contribution in [0.25, 0.3) is 0 Å². The Morgan fingerprint density at radius 3 is 2.43 bits per heavy atom. The van der Waals surface area contributed by atoms with Crippen molar-refractivity contribution in [1.82, 2.24) is 4.90 Å². The van der Waals surface area contributed by atoms with E-state index in [1.54, 1.807) is 0 Å². The van der Waals surface area contributed by atoms with Gasteiger partial charge in [0.1, 0.15) is 0 Å². The summed E-state index contributed by atoms with van der Waals surface area (Å²) in [6.07, 6.45) is 6.37. The normalized spacial score (nSPS) is 25.9. The summed E-state index contributed by atoms with van der Waals surface area (Å²) in [6.45, 7) is 10.9. The Kier molecular flexibility index (Phi) is 5.47. The van der Waals surface area contributed by atoms with Gasteiger partial charge in [0.05, 0.1) is 11.4 Å². The molecule has 2 aliphatic heterocycles. The lowest BCUT2D eigenvalue weighted by molar-refractivity contribution is 0.140. The summed E-state index contributed by atoms with van der Waals surface area (Å²) in [7, 11) is 0. The van der Waals surface area contributed by atoms with Crippen LogP contribution in [-0.2, 0) is 6.42 Å². The van der Waals surface area contributed by atoms with Crippen molar-refractivity contribution in [1.29, 1.82) is 0 Å². The topological polar surface area (TPSA) is 32.5 Å². The van der Waals surface area contributed by atoms with E-state index in [4.69, 9.17) is 5.73 Å². The predicted molar refractivity (Wildman–Crippen MR) is 100 cm³/mol. The van der Waals surface area contributed by atoms with Gasteiger partial charge < -0.3 is 15.5 Å². The number of nitrogen functional groups attached to an aromatic ring is 1. The van der Waals surface area contributed by atoms with E-state index in [1.165, 1.54) is 56.6 Å². The highest BCUT2D eigenvalue weighted by Crippen LogP contribution is 2.28. The number of aryl methyl sites for hydroxylation is 1. The summed E-state index contributed by atoms with van der Waals surface area (Å²) < 4.78 is 0. The minimum absolute atomic E-state index is 0.856. The third kappa shape index (κ3) is 4.41. The molecule has 2 fully saturated rings. The molecule has 0 bridgehead atoms. The predicted octanol–water partition coefficient (Wildman–Crippen LogP) is 3.78. The first-order chi connectivity index (χ1) is 11.1. The quantitative estimate of drug-likeness (QED) is 0.839. The van der Waals surface area contributed by atoms with Crippen LogP contribution in [0.3, 0.4) is 0 Å². The molecule has 2 saturated heterocycles. The van der Waals surface area contributed by atoms with Crippen LogP contribution in [0.2, 0.25) is 0 Å². The van der Waals surface area contributed by atoms with Crippen LogP contribution < -0.4 is 10.6 Å².